The van der Waals surface area contributed by atoms with E-state index in [1.54, 1.807) is 12.5 Å². The van der Waals surface area contributed by atoms with Crippen LogP contribution in [-0.4, -0.2) is 15.5 Å². The van der Waals surface area contributed by atoms with Crippen LogP contribution in [0, 0.1) is 5.41 Å². The van der Waals surface area contributed by atoms with Gasteiger partial charge in [-0.3, -0.25) is 4.79 Å². The predicted octanol–water partition coefficient (Wildman–Crippen LogP) is 3.10. The molecule has 4 heteroatoms. The summed E-state index contributed by atoms with van der Waals surface area (Å²) in [4.78, 5) is 16.0. The average molecular weight is 271 g/mol. The maximum atomic E-state index is 12.0. The van der Waals surface area contributed by atoms with E-state index < -0.39 is 0 Å². The number of amides is 1. The van der Waals surface area contributed by atoms with Gasteiger partial charge in [0, 0.05) is 23.5 Å². The van der Waals surface area contributed by atoms with Gasteiger partial charge < -0.3 is 9.88 Å². The van der Waals surface area contributed by atoms with Crippen LogP contribution in [0.2, 0.25) is 0 Å². The van der Waals surface area contributed by atoms with Gasteiger partial charge in [0.2, 0.25) is 5.91 Å². The summed E-state index contributed by atoms with van der Waals surface area (Å²) in [6.45, 7) is 7.74. The number of nitrogens with one attached hydrogen (secondary N) is 1. The molecule has 1 amide bonds. The fourth-order valence-corrected chi connectivity index (χ4v) is 1.84. The zero-order chi connectivity index (χ0) is 14.8. The molecule has 4 nitrogen and oxygen atoms in total. The maximum Gasteiger partial charge on any atom is 0.225 e. The first-order valence-electron chi connectivity index (χ1n) is 6.77. The van der Waals surface area contributed by atoms with E-state index >= 15 is 0 Å². The van der Waals surface area contributed by atoms with Crippen molar-refractivity contribution in [2.45, 2.75) is 33.7 Å². The van der Waals surface area contributed by atoms with Crippen LogP contribution in [-0.2, 0) is 4.79 Å². The standard InChI is InChI=1S/C16H21N3O/c1-12(18-15(20)16(2,3)4)13-5-7-14(8-6-13)19-10-9-17-11-19/h5-12H,1-4H3,(H,18,20). The molecule has 0 radical (unpaired) electrons. The molecule has 0 saturated heterocycles. The number of carbonyl (C=O) groups excluding carboxylic acids is 1. The van der Waals surface area contributed by atoms with Gasteiger partial charge in [0.05, 0.1) is 12.4 Å². The Kier molecular flexibility index (Phi) is 3.93. The molecule has 20 heavy (non-hydrogen) atoms. The second kappa shape index (κ2) is 5.49. The van der Waals surface area contributed by atoms with Crippen molar-refractivity contribution < 1.29 is 4.79 Å². The van der Waals surface area contributed by atoms with Crippen LogP contribution >= 0.6 is 0 Å². The van der Waals surface area contributed by atoms with E-state index in [2.05, 4.69) is 10.3 Å². The Balaban J connectivity index is 2.08. The molecule has 0 aliphatic rings. The van der Waals surface area contributed by atoms with E-state index in [9.17, 15) is 4.79 Å². The van der Waals surface area contributed by atoms with Gasteiger partial charge in [0.1, 0.15) is 0 Å². The van der Waals surface area contributed by atoms with Crippen molar-refractivity contribution in [2.24, 2.45) is 5.41 Å². The summed E-state index contributed by atoms with van der Waals surface area (Å²) in [6, 6.07) is 8.11. The van der Waals surface area contributed by atoms with Crippen molar-refractivity contribution in [1.82, 2.24) is 14.9 Å². The van der Waals surface area contributed by atoms with Gasteiger partial charge in [-0.25, -0.2) is 4.98 Å². The lowest BCUT2D eigenvalue weighted by Crippen LogP contribution is -2.36. The molecule has 0 aliphatic heterocycles. The summed E-state index contributed by atoms with van der Waals surface area (Å²) in [5.74, 6) is 0.0590. The van der Waals surface area contributed by atoms with Crippen molar-refractivity contribution in [2.75, 3.05) is 0 Å². The molecule has 0 bridgehead atoms. The van der Waals surface area contributed by atoms with E-state index in [1.807, 2.05) is 62.7 Å². The number of benzene rings is 1. The molecule has 1 N–H and O–H groups in total. The van der Waals surface area contributed by atoms with E-state index in [4.69, 9.17) is 0 Å². The van der Waals surface area contributed by atoms with Gasteiger partial charge in [-0.05, 0) is 24.6 Å². The normalized spacial score (nSPS) is 13.0. The Hall–Kier alpha value is -2.10. The molecule has 1 heterocycles. The van der Waals surface area contributed by atoms with Crippen LogP contribution in [0.25, 0.3) is 5.69 Å². The first kappa shape index (κ1) is 14.3. The molecule has 0 saturated carbocycles. The maximum absolute atomic E-state index is 12.0. The Morgan fingerprint density at radius 1 is 1.25 bits per heavy atom. The minimum absolute atomic E-state index is 0.00133. The molecular weight excluding hydrogens is 250 g/mol. The molecule has 1 unspecified atom stereocenters. The first-order valence-corrected chi connectivity index (χ1v) is 6.77. The molecule has 1 aromatic carbocycles. The number of carbonyl (C=O) groups is 1. The molecular formula is C16H21N3O. The van der Waals surface area contributed by atoms with Crippen molar-refractivity contribution in [3.05, 3.63) is 48.5 Å². The number of aromatic nitrogens is 2. The summed E-state index contributed by atoms with van der Waals surface area (Å²) in [7, 11) is 0. The van der Waals surface area contributed by atoms with Crippen LogP contribution < -0.4 is 5.32 Å². The molecule has 0 spiro atoms. The van der Waals surface area contributed by atoms with Crippen LogP contribution in [0.4, 0.5) is 0 Å². The van der Waals surface area contributed by atoms with Gasteiger partial charge in [-0.1, -0.05) is 32.9 Å². The highest BCUT2D eigenvalue weighted by molar-refractivity contribution is 5.81. The van der Waals surface area contributed by atoms with Crippen LogP contribution in [0.1, 0.15) is 39.3 Å². The highest BCUT2D eigenvalue weighted by Gasteiger charge is 2.22. The summed E-state index contributed by atoms with van der Waals surface area (Å²) in [5, 5.41) is 3.03. The summed E-state index contributed by atoms with van der Waals surface area (Å²) in [5.41, 5.74) is 1.78. The Bertz CT molecular complexity index is 565. The van der Waals surface area contributed by atoms with E-state index in [0.717, 1.165) is 11.3 Å². The zero-order valence-corrected chi connectivity index (χ0v) is 12.4. The van der Waals surface area contributed by atoms with Crippen molar-refractivity contribution in [1.29, 1.82) is 0 Å². The molecule has 1 aromatic heterocycles. The van der Waals surface area contributed by atoms with Gasteiger partial charge in [0.15, 0.2) is 0 Å². The quantitative estimate of drug-likeness (QED) is 0.932. The average Bonchev–Trinajstić information content (AvgIpc) is 2.91. The SMILES string of the molecule is CC(NC(=O)C(C)(C)C)c1ccc(-n2ccnc2)cc1. The third-order valence-electron chi connectivity index (χ3n) is 3.22. The van der Waals surface area contributed by atoms with Crippen molar-refractivity contribution >= 4 is 5.91 Å². The lowest BCUT2D eigenvalue weighted by atomic mass is 9.94. The predicted molar refractivity (Wildman–Crippen MR) is 79.6 cm³/mol. The summed E-state index contributed by atoms with van der Waals surface area (Å²) < 4.78 is 1.95. The van der Waals surface area contributed by atoms with Crippen molar-refractivity contribution in [3.8, 4) is 5.69 Å². The number of nitrogens with zero attached hydrogens (tertiary/aromatic N) is 2. The molecule has 1 atom stereocenters. The van der Waals surface area contributed by atoms with Gasteiger partial charge in [0.25, 0.3) is 0 Å². The monoisotopic (exact) mass is 271 g/mol. The van der Waals surface area contributed by atoms with E-state index in [-0.39, 0.29) is 17.4 Å². The number of hydrogen-bond acceptors (Lipinski definition) is 2. The smallest absolute Gasteiger partial charge is 0.225 e. The highest BCUT2D eigenvalue weighted by Crippen LogP contribution is 2.19. The first-order chi connectivity index (χ1) is 9.38. The number of hydrogen-bond donors (Lipinski definition) is 1. The third kappa shape index (κ3) is 3.26. The number of rotatable bonds is 3. The van der Waals surface area contributed by atoms with Gasteiger partial charge in [-0.15, -0.1) is 0 Å². The largest absolute Gasteiger partial charge is 0.349 e. The Morgan fingerprint density at radius 2 is 1.90 bits per heavy atom. The molecule has 0 fully saturated rings. The minimum atomic E-state index is -0.370. The number of imidazole rings is 1. The Morgan fingerprint density at radius 3 is 2.40 bits per heavy atom. The molecule has 106 valence electrons. The van der Waals surface area contributed by atoms with Gasteiger partial charge >= 0.3 is 0 Å². The highest BCUT2D eigenvalue weighted by atomic mass is 16.2. The molecule has 2 rings (SSSR count). The fourth-order valence-electron chi connectivity index (χ4n) is 1.84. The third-order valence-corrected chi connectivity index (χ3v) is 3.22. The van der Waals surface area contributed by atoms with Gasteiger partial charge in [-0.2, -0.15) is 0 Å². The molecule has 2 aromatic rings. The lowest BCUT2D eigenvalue weighted by Gasteiger charge is -2.22. The summed E-state index contributed by atoms with van der Waals surface area (Å²) in [6.07, 6.45) is 5.42. The van der Waals surface area contributed by atoms with E-state index in [0.29, 0.717) is 0 Å². The topological polar surface area (TPSA) is 46.9 Å². The second-order valence-electron chi connectivity index (χ2n) is 6.01. The van der Waals surface area contributed by atoms with Crippen molar-refractivity contribution in [3.63, 3.8) is 0 Å². The molecule has 0 aliphatic carbocycles. The van der Waals surface area contributed by atoms with Crippen LogP contribution in [0.15, 0.2) is 43.0 Å². The lowest BCUT2D eigenvalue weighted by molar-refractivity contribution is -0.129. The van der Waals surface area contributed by atoms with Crippen LogP contribution in [0.5, 0.6) is 0 Å². The second-order valence-corrected chi connectivity index (χ2v) is 6.01. The van der Waals surface area contributed by atoms with E-state index in [1.165, 1.54) is 0 Å². The van der Waals surface area contributed by atoms with Crippen LogP contribution in [0.3, 0.4) is 0 Å². The Labute approximate surface area is 119 Å². The summed E-state index contributed by atoms with van der Waals surface area (Å²) >= 11 is 0. The fraction of sp³-hybridized carbons (Fsp3) is 0.375. The minimum Gasteiger partial charge on any atom is -0.349 e. The zero-order valence-electron chi connectivity index (χ0n) is 12.4.